The maximum atomic E-state index is 13.2. The normalized spacial score (nSPS) is 20.3. The summed E-state index contributed by atoms with van der Waals surface area (Å²) in [7, 11) is 0. The van der Waals surface area contributed by atoms with E-state index >= 15 is 0 Å². The lowest BCUT2D eigenvalue weighted by molar-refractivity contribution is 0.0923. The van der Waals surface area contributed by atoms with Gasteiger partial charge < -0.3 is 15.5 Å². The first-order valence-corrected chi connectivity index (χ1v) is 10.7. The number of hydrogen-bond donors (Lipinski definition) is 2. The van der Waals surface area contributed by atoms with Crippen molar-refractivity contribution in [2.45, 2.75) is 25.9 Å². The topological polar surface area (TPSA) is 93.9 Å². The van der Waals surface area contributed by atoms with Crippen LogP contribution in [0.2, 0.25) is 0 Å². The molecule has 0 radical (unpaired) electrons. The molecule has 1 aromatic carbocycles. The van der Waals surface area contributed by atoms with E-state index in [1.165, 1.54) is 23.5 Å². The van der Waals surface area contributed by atoms with E-state index in [4.69, 9.17) is 0 Å². The van der Waals surface area contributed by atoms with E-state index in [1.54, 1.807) is 35.6 Å². The van der Waals surface area contributed by atoms with Crippen LogP contribution >= 0.6 is 11.3 Å². The highest BCUT2D eigenvalue weighted by molar-refractivity contribution is 7.17. The number of benzene rings is 1. The lowest BCUT2D eigenvalue weighted by Gasteiger charge is -2.21. The molecule has 0 spiro atoms. The smallest absolute Gasteiger partial charge is 0.280 e. The first-order chi connectivity index (χ1) is 15.0. The molecule has 31 heavy (non-hydrogen) atoms. The third-order valence-corrected chi connectivity index (χ3v) is 6.47. The minimum absolute atomic E-state index is 0.0618. The maximum Gasteiger partial charge on any atom is 0.280 e. The van der Waals surface area contributed by atoms with Crippen LogP contribution in [0, 0.1) is 23.2 Å². The fraction of sp³-hybridized carbons (Fsp3) is 0.273. The molecule has 3 aromatic rings. The fourth-order valence-electron chi connectivity index (χ4n) is 3.76. The standard InChI is InChI=1S/C22H21FN6OS/c1-13-11-29(12-24)14(2)20(13)28-21(30)22-26-10-19(31-22)17-9-25-8-7-18(17)27-16-5-3-15(23)4-6-16/h3-10,13-14,20H,11H2,1-2H3,(H,25,27)(H,28,30)/t13?,14?,20-/m1/s1. The Hall–Kier alpha value is -3.51. The molecule has 1 amide bonds. The number of amides is 1. The van der Waals surface area contributed by atoms with Gasteiger partial charge in [0.25, 0.3) is 5.91 Å². The molecule has 1 saturated heterocycles. The second-order valence-corrected chi connectivity index (χ2v) is 8.58. The van der Waals surface area contributed by atoms with Gasteiger partial charge in [-0.3, -0.25) is 9.78 Å². The number of anilines is 2. The summed E-state index contributed by atoms with van der Waals surface area (Å²) in [6, 6.07) is 7.71. The molecule has 1 fully saturated rings. The maximum absolute atomic E-state index is 13.2. The molecule has 158 valence electrons. The zero-order chi connectivity index (χ0) is 22.0. The van der Waals surface area contributed by atoms with Crippen LogP contribution in [0.25, 0.3) is 10.4 Å². The SMILES string of the molecule is CC1CN(C#N)C(C)[C@@H]1NC(=O)c1ncc(-c2cnccc2Nc2ccc(F)cc2)s1. The van der Waals surface area contributed by atoms with Crippen LogP contribution in [-0.2, 0) is 0 Å². The lowest BCUT2D eigenvalue weighted by atomic mass is 10.0. The van der Waals surface area contributed by atoms with Crippen molar-refractivity contribution in [3.8, 4) is 16.6 Å². The van der Waals surface area contributed by atoms with Gasteiger partial charge in [0.05, 0.1) is 22.6 Å². The Morgan fingerprint density at radius 3 is 2.74 bits per heavy atom. The predicted molar refractivity (Wildman–Crippen MR) is 117 cm³/mol. The quantitative estimate of drug-likeness (QED) is 0.587. The Balaban J connectivity index is 1.52. The molecule has 7 nitrogen and oxygen atoms in total. The number of nitrogens with zero attached hydrogens (tertiary/aromatic N) is 4. The molecular weight excluding hydrogens is 415 g/mol. The Kier molecular flexibility index (Phi) is 5.82. The molecular formula is C22H21FN6OS. The van der Waals surface area contributed by atoms with E-state index in [-0.39, 0.29) is 29.7 Å². The van der Waals surface area contributed by atoms with Crippen molar-refractivity contribution in [3.05, 3.63) is 59.7 Å². The second-order valence-electron chi connectivity index (χ2n) is 7.55. The van der Waals surface area contributed by atoms with Crippen molar-refractivity contribution in [2.75, 3.05) is 11.9 Å². The number of aromatic nitrogens is 2. The number of thiazole rings is 1. The molecule has 0 aliphatic carbocycles. The number of nitriles is 1. The third kappa shape index (κ3) is 4.34. The van der Waals surface area contributed by atoms with Gasteiger partial charge in [0.15, 0.2) is 11.2 Å². The Morgan fingerprint density at radius 2 is 2.03 bits per heavy atom. The van der Waals surface area contributed by atoms with Crippen molar-refractivity contribution in [3.63, 3.8) is 0 Å². The van der Waals surface area contributed by atoms with E-state index in [1.807, 2.05) is 19.9 Å². The number of carbonyl (C=O) groups excluding carboxylic acids is 1. The van der Waals surface area contributed by atoms with Gasteiger partial charge in [-0.25, -0.2) is 9.37 Å². The number of nitrogens with one attached hydrogen (secondary N) is 2. The highest BCUT2D eigenvalue weighted by Crippen LogP contribution is 2.33. The highest BCUT2D eigenvalue weighted by Gasteiger charge is 2.37. The van der Waals surface area contributed by atoms with Gasteiger partial charge in [-0.1, -0.05) is 6.92 Å². The first kappa shape index (κ1) is 20.8. The number of pyridine rings is 1. The summed E-state index contributed by atoms with van der Waals surface area (Å²) < 4.78 is 13.2. The molecule has 1 aliphatic rings. The summed E-state index contributed by atoms with van der Waals surface area (Å²) in [5.41, 5.74) is 2.31. The third-order valence-electron chi connectivity index (χ3n) is 5.44. The van der Waals surface area contributed by atoms with Crippen molar-refractivity contribution in [1.82, 2.24) is 20.2 Å². The number of carbonyl (C=O) groups is 1. The van der Waals surface area contributed by atoms with Crippen LogP contribution in [0.3, 0.4) is 0 Å². The molecule has 1 aliphatic heterocycles. The van der Waals surface area contributed by atoms with Gasteiger partial charge in [0, 0.05) is 36.4 Å². The zero-order valence-corrected chi connectivity index (χ0v) is 17.9. The van der Waals surface area contributed by atoms with E-state index in [0.717, 1.165) is 21.8 Å². The van der Waals surface area contributed by atoms with E-state index in [0.29, 0.717) is 11.6 Å². The molecule has 0 bridgehead atoms. The molecule has 9 heteroatoms. The van der Waals surface area contributed by atoms with Crippen LogP contribution in [0.4, 0.5) is 15.8 Å². The van der Waals surface area contributed by atoms with Gasteiger partial charge in [-0.05, 0) is 43.2 Å². The van der Waals surface area contributed by atoms with Crippen molar-refractivity contribution < 1.29 is 9.18 Å². The summed E-state index contributed by atoms with van der Waals surface area (Å²) in [6.07, 6.45) is 7.19. The van der Waals surface area contributed by atoms with Gasteiger partial charge in [-0.15, -0.1) is 11.3 Å². The summed E-state index contributed by atoms with van der Waals surface area (Å²) in [6.45, 7) is 4.59. The average molecular weight is 437 g/mol. The molecule has 2 aromatic heterocycles. The molecule has 4 rings (SSSR count). The van der Waals surface area contributed by atoms with Crippen molar-refractivity contribution in [2.24, 2.45) is 5.92 Å². The predicted octanol–water partition coefficient (Wildman–Crippen LogP) is 4.01. The zero-order valence-electron chi connectivity index (χ0n) is 17.0. The number of rotatable bonds is 5. The number of halogens is 1. The minimum atomic E-state index is -0.303. The Labute approximate surface area is 183 Å². The molecule has 0 saturated carbocycles. The van der Waals surface area contributed by atoms with Crippen LogP contribution in [-0.4, -0.2) is 39.4 Å². The average Bonchev–Trinajstić information content (AvgIpc) is 3.36. The summed E-state index contributed by atoms with van der Waals surface area (Å²) in [4.78, 5) is 23.8. The van der Waals surface area contributed by atoms with Gasteiger partial charge in [-0.2, -0.15) is 5.26 Å². The highest BCUT2D eigenvalue weighted by atomic mass is 32.1. The largest absolute Gasteiger partial charge is 0.355 e. The Morgan fingerprint density at radius 1 is 1.26 bits per heavy atom. The second kappa shape index (κ2) is 8.70. The number of hydrogen-bond acceptors (Lipinski definition) is 7. The van der Waals surface area contributed by atoms with Gasteiger partial charge in [0.1, 0.15) is 5.82 Å². The molecule has 3 atom stereocenters. The fourth-order valence-corrected chi connectivity index (χ4v) is 4.60. The first-order valence-electron chi connectivity index (χ1n) is 9.86. The Bertz CT molecular complexity index is 1130. The van der Waals surface area contributed by atoms with Crippen LogP contribution in [0.1, 0.15) is 23.6 Å². The monoisotopic (exact) mass is 436 g/mol. The van der Waals surface area contributed by atoms with Crippen LogP contribution in [0.5, 0.6) is 0 Å². The van der Waals surface area contributed by atoms with Crippen LogP contribution < -0.4 is 10.6 Å². The van der Waals surface area contributed by atoms with E-state index in [2.05, 4.69) is 26.8 Å². The van der Waals surface area contributed by atoms with E-state index in [9.17, 15) is 14.4 Å². The lowest BCUT2D eigenvalue weighted by Crippen LogP contribution is -2.44. The number of likely N-dealkylation sites (tertiary alicyclic amines) is 1. The van der Waals surface area contributed by atoms with Crippen molar-refractivity contribution in [1.29, 1.82) is 5.26 Å². The van der Waals surface area contributed by atoms with Gasteiger partial charge in [0.2, 0.25) is 0 Å². The van der Waals surface area contributed by atoms with Crippen LogP contribution in [0.15, 0.2) is 48.9 Å². The molecule has 2 unspecified atom stereocenters. The van der Waals surface area contributed by atoms with Crippen molar-refractivity contribution >= 4 is 28.6 Å². The van der Waals surface area contributed by atoms with Gasteiger partial charge >= 0.3 is 0 Å². The molecule has 3 heterocycles. The van der Waals surface area contributed by atoms with E-state index < -0.39 is 0 Å². The summed E-state index contributed by atoms with van der Waals surface area (Å²) in [5.74, 6) is -0.387. The summed E-state index contributed by atoms with van der Waals surface area (Å²) in [5, 5.41) is 15.9. The molecule has 2 N–H and O–H groups in total. The summed E-state index contributed by atoms with van der Waals surface area (Å²) >= 11 is 1.27. The minimum Gasteiger partial charge on any atom is -0.355 e.